The highest BCUT2D eigenvalue weighted by atomic mass is 35.5. The molecule has 0 bridgehead atoms. The molecule has 0 N–H and O–H groups in total. The van der Waals surface area contributed by atoms with Crippen molar-refractivity contribution in [1.29, 1.82) is 5.26 Å². The van der Waals surface area contributed by atoms with Crippen LogP contribution in [0, 0.1) is 17.2 Å². The predicted molar refractivity (Wildman–Crippen MR) is 40.7 cm³/mol. The van der Waals surface area contributed by atoms with Gasteiger partial charge in [-0.2, -0.15) is 17.0 Å². The maximum atomic E-state index is 8.40. The lowest BCUT2D eigenvalue weighted by Crippen LogP contribution is -2.11. The van der Waals surface area contributed by atoms with Gasteiger partial charge < -0.3 is 0 Å². The molecule has 0 aliphatic carbocycles. The second-order valence-corrected chi connectivity index (χ2v) is 3.77. The Hall–Kier alpha value is 0.130. The fraction of sp³-hybridized carbons (Fsp3) is 0.833. The largest absolute Gasteiger partial charge is 0.197 e. The first-order valence-electron chi connectivity index (χ1n) is 2.96. The second-order valence-electron chi connectivity index (χ2n) is 2.15. The molecule has 9 heavy (non-hydrogen) atoms. The summed E-state index contributed by atoms with van der Waals surface area (Å²) in [5, 5.41) is 8.15. The van der Waals surface area contributed by atoms with Crippen LogP contribution in [0.25, 0.3) is 0 Å². The van der Waals surface area contributed by atoms with Crippen molar-refractivity contribution in [1.82, 2.24) is 0 Å². The van der Waals surface area contributed by atoms with Crippen LogP contribution in [-0.2, 0) is 0 Å². The van der Waals surface area contributed by atoms with Crippen LogP contribution in [0.1, 0.15) is 6.42 Å². The average molecular weight is 162 g/mol. The molecule has 0 radical (unpaired) electrons. The van der Waals surface area contributed by atoms with E-state index in [9.17, 15) is 0 Å². The van der Waals surface area contributed by atoms with E-state index in [-0.39, 0.29) is 5.38 Å². The SMILES string of the molecule is N#CC(Cl)C1CCSC1. The van der Waals surface area contributed by atoms with Gasteiger partial charge in [-0.05, 0) is 23.8 Å². The summed E-state index contributed by atoms with van der Waals surface area (Å²) >= 11 is 7.59. The fourth-order valence-electron chi connectivity index (χ4n) is 0.889. The van der Waals surface area contributed by atoms with Gasteiger partial charge >= 0.3 is 0 Å². The highest BCUT2D eigenvalue weighted by molar-refractivity contribution is 7.99. The highest BCUT2D eigenvalue weighted by Crippen LogP contribution is 2.28. The molecule has 1 rings (SSSR count). The lowest BCUT2D eigenvalue weighted by molar-refractivity contribution is 0.622. The van der Waals surface area contributed by atoms with Gasteiger partial charge in [0, 0.05) is 0 Å². The van der Waals surface area contributed by atoms with E-state index >= 15 is 0 Å². The molecular weight excluding hydrogens is 154 g/mol. The molecule has 1 nitrogen and oxygen atoms in total. The zero-order chi connectivity index (χ0) is 6.69. The summed E-state index contributed by atoms with van der Waals surface area (Å²) < 4.78 is 0. The van der Waals surface area contributed by atoms with E-state index in [1.165, 1.54) is 5.75 Å². The number of thioether (sulfide) groups is 1. The van der Waals surface area contributed by atoms with Gasteiger partial charge in [0.2, 0.25) is 0 Å². The third-order valence-corrected chi connectivity index (χ3v) is 3.14. The Morgan fingerprint density at radius 1 is 1.78 bits per heavy atom. The topological polar surface area (TPSA) is 23.8 Å². The Kier molecular flexibility index (Phi) is 2.68. The van der Waals surface area contributed by atoms with Crippen LogP contribution >= 0.6 is 23.4 Å². The minimum atomic E-state index is -0.250. The normalized spacial score (nSPS) is 29.6. The quantitative estimate of drug-likeness (QED) is 0.549. The molecule has 1 heterocycles. The molecule has 0 aromatic rings. The second kappa shape index (κ2) is 3.34. The van der Waals surface area contributed by atoms with Crippen LogP contribution in [-0.4, -0.2) is 16.9 Å². The molecule has 2 atom stereocenters. The van der Waals surface area contributed by atoms with Crippen molar-refractivity contribution in [2.75, 3.05) is 11.5 Å². The van der Waals surface area contributed by atoms with Crippen molar-refractivity contribution in [2.45, 2.75) is 11.8 Å². The molecule has 0 amide bonds. The molecular formula is C6H8ClNS. The van der Waals surface area contributed by atoms with E-state index < -0.39 is 0 Å². The van der Waals surface area contributed by atoms with Crippen LogP contribution in [0.2, 0.25) is 0 Å². The molecule has 1 aliphatic heterocycles. The Balaban J connectivity index is 2.34. The van der Waals surface area contributed by atoms with Crippen molar-refractivity contribution in [3.8, 4) is 6.07 Å². The Morgan fingerprint density at radius 2 is 2.56 bits per heavy atom. The zero-order valence-electron chi connectivity index (χ0n) is 5.01. The minimum Gasteiger partial charge on any atom is -0.197 e. The zero-order valence-corrected chi connectivity index (χ0v) is 6.58. The smallest absolute Gasteiger partial charge is 0.124 e. The molecule has 0 aromatic carbocycles. The fourth-order valence-corrected chi connectivity index (χ4v) is 2.51. The van der Waals surface area contributed by atoms with Crippen molar-refractivity contribution in [3.63, 3.8) is 0 Å². The van der Waals surface area contributed by atoms with E-state index in [1.807, 2.05) is 11.8 Å². The van der Waals surface area contributed by atoms with E-state index in [1.54, 1.807) is 0 Å². The monoisotopic (exact) mass is 161 g/mol. The van der Waals surface area contributed by atoms with Crippen LogP contribution in [0.3, 0.4) is 0 Å². The van der Waals surface area contributed by atoms with E-state index in [4.69, 9.17) is 16.9 Å². The van der Waals surface area contributed by atoms with Crippen molar-refractivity contribution in [2.24, 2.45) is 5.92 Å². The van der Waals surface area contributed by atoms with Gasteiger partial charge in [0.25, 0.3) is 0 Å². The van der Waals surface area contributed by atoms with Crippen LogP contribution in [0.15, 0.2) is 0 Å². The molecule has 1 saturated heterocycles. The first-order valence-corrected chi connectivity index (χ1v) is 4.55. The lowest BCUT2D eigenvalue weighted by atomic mass is 10.1. The Morgan fingerprint density at radius 3 is 3.00 bits per heavy atom. The van der Waals surface area contributed by atoms with Crippen LogP contribution in [0.5, 0.6) is 0 Å². The summed E-state index contributed by atoms with van der Waals surface area (Å²) in [7, 11) is 0. The number of rotatable bonds is 1. The molecule has 0 aromatic heterocycles. The van der Waals surface area contributed by atoms with Gasteiger partial charge in [-0.15, -0.1) is 11.6 Å². The van der Waals surface area contributed by atoms with Crippen molar-refractivity contribution < 1.29 is 0 Å². The van der Waals surface area contributed by atoms with Gasteiger partial charge in [-0.3, -0.25) is 0 Å². The first-order chi connectivity index (χ1) is 4.34. The van der Waals surface area contributed by atoms with Crippen molar-refractivity contribution >= 4 is 23.4 Å². The summed E-state index contributed by atoms with van der Waals surface area (Å²) in [6, 6.07) is 2.06. The average Bonchev–Trinajstić information content (AvgIpc) is 2.37. The van der Waals surface area contributed by atoms with Gasteiger partial charge in [-0.25, -0.2) is 0 Å². The summed E-state index contributed by atoms with van der Waals surface area (Å²) in [5.74, 6) is 2.69. The number of nitrogens with zero attached hydrogens (tertiary/aromatic N) is 1. The molecule has 0 saturated carbocycles. The van der Waals surface area contributed by atoms with Gasteiger partial charge in [-0.1, -0.05) is 0 Å². The standard InChI is InChI=1S/C6H8ClNS/c7-6(3-8)5-1-2-9-4-5/h5-6H,1-2,4H2. The molecule has 1 aliphatic rings. The highest BCUT2D eigenvalue weighted by Gasteiger charge is 2.22. The maximum Gasteiger partial charge on any atom is 0.124 e. The van der Waals surface area contributed by atoms with Gasteiger partial charge in [0.15, 0.2) is 0 Å². The van der Waals surface area contributed by atoms with Crippen LogP contribution in [0.4, 0.5) is 0 Å². The summed E-state index contributed by atoms with van der Waals surface area (Å²) in [5.41, 5.74) is 0. The Labute approximate surface area is 64.4 Å². The van der Waals surface area contributed by atoms with Gasteiger partial charge in [0.05, 0.1) is 6.07 Å². The van der Waals surface area contributed by atoms with Crippen LogP contribution < -0.4 is 0 Å². The molecule has 50 valence electrons. The summed E-state index contributed by atoms with van der Waals surface area (Å²) in [6.45, 7) is 0. The predicted octanol–water partition coefficient (Wildman–Crippen LogP) is 1.87. The number of nitriles is 1. The summed E-state index contributed by atoms with van der Waals surface area (Å²) in [4.78, 5) is 0. The number of hydrogen-bond acceptors (Lipinski definition) is 2. The van der Waals surface area contributed by atoms with Gasteiger partial charge in [0.1, 0.15) is 5.38 Å². The van der Waals surface area contributed by atoms with E-state index in [2.05, 4.69) is 6.07 Å². The molecule has 1 fully saturated rings. The van der Waals surface area contributed by atoms with E-state index in [0.717, 1.165) is 12.2 Å². The van der Waals surface area contributed by atoms with E-state index in [0.29, 0.717) is 5.92 Å². The Bertz CT molecular complexity index is 126. The molecule has 2 unspecified atom stereocenters. The molecule has 0 spiro atoms. The van der Waals surface area contributed by atoms with Crippen molar-refractivity contribution in [3.05, 3.63) is 0 Å². The summed E-state index contributed by atoms with van der Waals surface area (Å²) in [6.07, 6.45) is 1.12. The number of halogens is 1. The lowest BCUT2D eigenvalue weighted by Gasteiger charge is -2.05. The number of hydrogen-bond donors (Lipinski definition) is 0. The molecule has 3 heteroatoms. The first kappa shape index (κ1) is 7.24. The number of alkyl halides is 1. The minimum absolute atomic E-state index is 0.250. The maximum absolute atomic E-state index is 8.40. The third-order valence-electron chi connectivity index (χ3n) is 1.50. The third kappa shape index (κ3) is 1.77.